The third kappa shape index (κ3) is 2.46. The van der Waals surface area contributed by atoms with E-state index in [9.17, 15) is 23.1 Å². The molecule has 118 valence electrons. The second-order valence-electron chi connectivity index (χ2n) is 5.42. The molecule has 0 spiro atoms. The maximum absolute atomic E-state index is 14.0. The zero-order valence-corrected chi connectivity index (χ0v) is 13.5. The molecule has 1 unspecified atom stereocenters. The van der Waals surface area contributed by atoms with Crippen LogP contribution in [0.1, 0.15) is 21.5 Å². The summed E-state index contributed by atoms with van der Waals surface area (Å²) >= 11 is 2.97. The molecule has 0 radical (unpaired) electrons. The van der Waals surface area contributed by atoms with Crippen LogP contribution in [0.4, 0.5) is 13.2 Å². The summed E-state index contributed by atoms with van der Waals surface area (Å²) in [6.45, 7) is -0.523. The van der Waals surface area contributed by atoms with Crippen LogP contribution < -0.4 is 0 Å². The van der Waals surface area contributed by atoms with Crippen molar-refractivity contribution in [2.24, 2.45) is 0 Å². The average Bonchev–Trinajstić information content (AvgIpc) is 2.63. The Bertz CT molecular complexity index is 805. The lowest BCUT2D eigenvalue weighted by Crippen LogP contribution is -2.44. The van der Waals surface area contributed by atoms with Gasteiger partial charge < -0.3 is 10.0 Å². The van der Waals surface area contributed by atoms with Crippen LogP contribution in [0.15, 0.2) is 34.8 Å². The molecule has 1 heterocycles. The smallest absolute Gasteiger partial charge is 0.259 e. The zero-order valence-electron chi connectivity index (χ0n) is 11.9. The normalized spacial score (nSPS) is 20.0. The summed E-state index contributed by atoms with van der Waals surface area (Å²) in [6, 6.07) is 5.98. The number of hydrogen-bond donors (Lipinski definition) is 1. The number of nitrogens with zero attached hydrogens (tertiary/aromatic N) is 1. The summed E-state index contributed by atoms with van der Waals surface area (Å²) in [4.78, 5) is 13.2. The second-order valence-corrected chi connectivity index (χ2v) is 6.34. The van der Waals surface area contributed by atoms with E-state index < -0.39 is 35.5 Å². The SMILES string of the molecule is BC1(O)c2cccc(F)c2C(=O)N1Cc1c(F)cc(Br)cc1F. The molecule has 0 aromatic heterocycles. The lowest BCUT2D eigenvalue weighted by molar-refractivity contribution is -0.0208. The number of halogens is 4. The molecule has 2 aromatic rings. The number of amides is 1. The van der Waals surface area contributed by atoms with Gasteiger partial charge in [-0.25, -0.2) is 13.2 Å². The highest BCUT2D eigenvalue weighted by Gasteiger charge is 2.46. The Morgan fingerprint density at radius 3 is 2.35 bits per heavy atom. The van der Waals surface area contributed by atoms with Crippen LogP contribution in [-0.4, -0.2) is 23.8 Å². The van der Waals surface area contributed by atoms with Crippen LogP contribution in [0.2, 0.25) is 0 Å². The highest BCUT2D eigenvalue weighted by Crippen LogP contribution is 2.37. The molecular formula is C15H10BBrF3NO2. The molecule has 1 amide bonds. The lowest BCUT2D eigenvalue weighted by atomic mass is 9.83. The molecule has 1 aliphatic heterocycles. The van der Waals surface area contributed by atoms with E-state index in [2.05, 4.69) is 15.9 Å². The Hall–Kier alpha value is -1.80. The number of aliphatic hydroxyl groups is 1. The van der Waals surface area contributed by atoms with Crippen molar-refractivity contribution in [2.45, 2.75) is 12.2 Å². The fourth-order valence-corrected chi connectivity index (χ4v) is 3.12. The van der Waals surface area contributed by atoms with E-state index in [4.69, 9.17) is 0 Å². The molecule has 0 aliphatic carbocycles. The van der Waals surface area contributed by atoms with Crippen molar-refractivity contribution >= 4 is 29.7 Å². The van der Waals surface area contributed by atoms with Gasteiger partial charge in [0.2, 0.25) is 0 Å². The van der Waals surface area contributed by atoms with E-state index in [1.807, 2.05) is 0 Å². The highest BCUT2D eigenvalue weighted by atomic mass is 79.9. The number of rotatable bonds is 2. The van der Waals surface area contributed by atoms with Gasteiger partial charge in [0, 0.05) is 15.6 Å². The number of hydrogen-bond acceptors (Lipinski definition) is 2. The van der Waals surface area contributed by atoms with Gasteiger partial charge >= 0.3 is 0 Å². The van der Waals surface area contributed by atoms with Crippen LogP contribution in [0.5, 0.6) is 0 Å². The molecule has 23 heavy (non-hydrogen) atoms. The van der Waals surface area contributed by atoms with Gasteiger partial charge in [-0.15, -0.1) is 0 Å². The molecule has 0 saturated heterocycles. The van der Waals surface area contributed by atoms with Gasteiger partial charge in [-0.05, 0) is 18.2 Å². The Labute approximate surface area is 139 Å². The van der Waals surface area contributed by atoms with Gasteiger partial charge in [0.1, 0.15) is 23.1 Å². The van der Waals surface area contributed by atoms with E-state index >= 15 is 0 Å². The summed E-state index contributed by atoms with van der Waals surface area (Å²) in [5.41, 5.74) is -2.45. The van der Waals surface area contributed by atoms with Crippen molar-refractivity contribution in [3.63, 3.8) is 0 Å². The number of carbonyl (C=O) groups excluding carboxylic acids is 1. The van der Waals surface area contributed by atoms with E-state index in [0.29, 0.717) is 0 Å². The van der Waals surface area contributed by atoms with E-state index in [1.54, 1.807) is 0 Å². The fraction of sp³-hybridized carbons (Fsp3) is 0.133. The van der Waals surface area contributed by atoms with Crippen LogP contribution >= 0.6 is 15.9 Å². The molecule has 1 atom stereocenters. The minimum Gasteiger partial charge on any atom is -0.375 e. The standard InChI is InChI=1S/C15H10BBrF3NO2/c16-15(23)9-2-1-3-10(18)13(9)14(22)21(15)6-8-11(19)4-7(17)5-12(8)20/h1-5,23H,6,16H2. The molecule has 0 saturated carbocycles. The van der Waals surface area contributed by atoms with Crippen molar-refractivity contribution in [1.82, 2.24) is 4.90 Å². The van der Waals surface area contributed by atoms with Gasteiger partial charge in [0.25, 0.3) is 5.91 Å². The molecule has 0 bridgehead atoms. The van der Waals surface area contributed by atoms with Crippen molar-refractivity contribution in [3.8, 4) is 0 Å². The third-order valence-electron chi connectivity index (χ3n) is 3.93. The van der Waals surface area contributed by atoms with Gasteiger partial charge in [-0.1, -0.05) is 28.1 Å². The summed E-state index contributed by atoms with van der Waals surface area (Å²) in [7, 11) is 1.28. The summed E-state index contributed by atoms with van der Waals surface area (Å²) in [5, 5.41) is 10.6. The lowest BCUT2D eigenvalue weighted by Gasteiger charge is -2.31. The van der Waals surface area contributed by atoms with Crippen LogP contribution in [0.3, 0.4) is 0 Å². The van der Waals surface area contributed by atoms with Gasteiger partial charge in [-0.3, -0.25) is 4.79 Å². The molecular weight excluding hydrogens is 374 g/mol. The summed E-state index contributed by atoms with van der Waals surface area (Å²) in [6.07, 6.45) is 0. The van der Waals surface area contributed by atoms with Crippen molar-refractivity contribution < 1.29 is 23.1 Å². The first-order chi connectivity index (χ1) is 10.7. The molecule has 0 fully saturated rings. The van der Waals surface area contributed by atoms with E-state index in [-0.39, 0.29) is 21.2 Å². The van der Waals surface area contributed by atoms with E-state index in [1.165, 1.54) is 20.0 Å². The molecule has 1 N–H and O–H groups in total. The monoisotopic (exact) mass is 383 g/mol. The van der Waals surface area contributed by atoms with Crippen molar-refractivity contribution in [1.29, 1.82) is 0 Å². The number of carbonyl (C=O) groups is 1. The summed E-state index contributed by atoms with van der Waals surface area (Å²) in [5.74, 6) is -3.33. The number of benzene rings is 2. The number of fused-ring (bicyclic) bond motifs is 1. The zero-order chi connectivity index (χ0) is 16.9. The predicted octanol–water partition coefficient (Wildman–Crippen LogP) is 2.26. The van der Waals surface area contributed by atoms with Crippen molar-refractivity contribution in [2.75, 3.05) is 0 Å². The highest BCUT2D eigenvalue weighted by molar-refractivity contribution is 9.10. The van der Waals surface area contributed by atoms with Crippen LogP contribution in [0, 0.1) is 17.5 Å². The minimum atomic E-state index is -1.86. The predicted molar refractivity (Wildman–Crippen MR) is 82.8 cm³/mol. The van der Waals surface area contributed by atoms with Crippen molar-refractivity contribution in [3.05, 3.63) is 68.9 Å². The second kappa shape index (κ2) is 5.38. The van der Waals surface area contributed by atoms with Crippen LogP contribution in [0.25, 0.3) is 0 Å². The first-order valence-corrected chi connectivity index (χ1v) is 7.49. The van der Waals surface area contributed by atoms with Gasteiger partial charge in [0.05, 0.1) is 12.1 Å². The average molecular weight is 384 g/mol. The van der Waals surface area contributed by atoms with Gasteiger partial charge in [-0.2, -0.15) is 0 Å². The largest absolute Gasteiger partial charge is 0.375 e. The maximum Gasteiger partial charge on any atom is 0.259 e. The fourth-order valence-electron chi connectivity index (χ4n) is 2.72. The molecule has 2 aromatic carbocycles. The Kier molecular flexibility index (Phi) is 3.76. The summed E-state index contributed by atoms with van der Waals surface area (Å²) < 4.78 is 42.1. The maximum atomic E-state index is 14.0. The molecule has 8 heteroatoms. The van der Waals surface area contributed by atoms with Gasteiger partial charge in [0.15, 0.2) is 7.85 Å². The molecule has 3 nitrogen and oxygen atoms in total. The Balaban J connectivity index is 2.06. The third-order valence-corrected chi connectivity index (χ3v) is 4.39. The minimum absolute atomic E-state index is 0.0698. The Morgan fingerprint density at radius 2 is 1.78 bits per heavy atom. The quantitative estimate of drug-likeness (QED) is 0.808. The topological polar surface area (TPSA) is 40.5 Å². The Morgan fingerprint density at radius 1 is 1.17 bits per heavy atom. The first kappa shape index (κ1) is 16.1. The molecule has 1 aliphatic rings. The molecule has 3 rings (SSSR count). The first-order valence-electron chi connectivity index (χ1n) is 6.70. The van der Waals surface area contributed by atoms with Crippen LogP contribution in [-0.2, 0) is 12.2 Å². The van der Waals surface area contributed by atoms with E-state index in [0.717, 1.165) is 23.1 Å².